The average Bonchev–Trinajstić information content (AvgIpc) is 3.21. The fourth-order valence-electron chi connectivity index (χ4n) is 3.85. The van der Waals surface area contributed by atoms with Crippen LogP contribution in [0.1, 0.15) is 41.3 Å². The highest BCUT2D eigenvalue weighted by Gasteiger charge is 2.24. The number of nitrogens with one attached hydrogen (secondary N) is 3. The fourth-order valence-corrected chi connectivity index (χ4v) is 4.78. The van der Waals surface area contributed by atoms with Crippen LogP contribution in [0, 0.1) is 0 Å². The van der Waals surface area contributed by atoms with Crippen LogP contribution in [0.15, 0.2) is 47.4 Å². The van der Waals surface area contributed by atoms with Gasteiger partial charge in [-0.1, -0.05) is 24.3 Å². The molecule has 2 amide bonds. The fraction of sp³-hybridized carbons (Fsp3) is 0.364. The van der Waals surface area contributed by atoms with Crippen molar-refractivity contribution in [3.63, 3.8) is 0 Å². The van der Waals surface area contributed by atoms with Crippen LogP contribution in [-0.4, -0.2) is 30.2 Å². The SMILES string of the molecule is C[C@H]1Sc2ccc(C(=O)NCc3ccccc3C[NH+]3CCCC3)cc2NC1=O. The molecule has 146 valence electrons. The van der Waals surface area contributed by atoms with E-state index in [0.717, 1.165) is 17.1 Å². The molecule has 0 aromatic heterocycles. The van der Waals surface area contributed by atoms with Crippen molar-refractivity contribution in [3.05, 3.63) is 59.2 Å². The zero-order valence-corrected chi connectivity index (χ0v) is 16.9. The van der Waals surface area contributed by atoms with Crippen LogP contribution in [0.2, 0.25) is 0 Å². The summed E-state index contributed by atoms with van der Waals surface area (Å²) in [6.07, 6.45) is 2.61. The Morgan fingerprint density at radius 2 is 1.93 bits per heavy atom. The summed E-state index contributed by atoms with van der Waals surface area (Å²) in [7, 11) is 0. The lowest BCUT2D eigenvalue weighted by molar-refractivity contribution is -0.901. The molecule has 3 N–H and O–H groups in total. The summed E-state index contributed by atoms with van der Waals surface area (Å²) >= 11 is 1.52. The lowest BCUT2D eigenvalue weighted by Crippen LogP contribution is -3.08. The number of fused-ring (bicyclic) bond motifs is 1. The predicted octanol–water partition coefficient (Wildman–Crippen LogP) is 2.23. The van der Waals surface area contributed by atoms with Crippen LogP contribution in [0.3, 0.4) is 0 Å². The molecule has 0 aliphatic carbocycles. The van der Waals surface area contributed by atoms with Gasteiger partial charge in [-0.3, -0.25) is 9.59 Å². The van der Waals surface area contributed by atoms with Crippen molar-refractivity contribution in [3.8, 4) is 0 Å². The Morgan fingerprint density at radius 1 is 1.18 bits per heavy atom. The predicted molar refractivity (Wildman–Crippen MR) is 112 cm³/mol. The van der Waals surface area contributed by atoms with E-state index in [1.165, 1.54) is 48.8 Å². The number of carbonyl (C=O) groups is 2. The molecule has 0 unspecified atom stereocenters. The molecule has 4 rings (SSSR count). The summed E-state index contributed by atoms with van der Waals surface area (Å²) in [6, 6.07) is 13.9. The van der Waals surface area contributed by atoms with Gasteiger partial charge in [0.15, 0.2) is 0 Å². The summed E-state index contributed by atoms with van der Waals surface area (Å²) in [5.74, 6) is -0.141. The van der Waals surface area contributed by atoms with Crippen LogP contribution >= 0.6 is 11.8 Å². The van der Waals surface area contributed by atoms with Crippen LogP contribution in [-0.2, 0) is 17.9 Å². The quantitative estimate of drug-likeness (QED) is 0.726. The van der Waals surface area contributed by atoms with Crippen molar-refractivity contribution in [2.24, 2.45) is 0 Å². The first-order valence-electron chi connectivity index (χ1n) is 9.90. The summed E-state index contributed by atoms with van der Waals surface area (Å²) in [6.45, 7) is 5.88. The number of benzene rings is 2. The van der Waals surface area contributed by atoms with Crippen molar-refractivity contribution in [2.45, 2.75) is 43.0 Å². The van der Waals surface area contributed by atoms with Crippen LogP contribution in [0.5, 0.6) is 0 Å². The monoisotopic (exact) mass is 396 g/mol. The minimum atomic E-state index is -0.121. The van der Waals surface area contributed by atoms with Gasteiger partial charge in [0.05, 0.1) is 24.0 Å². The van der Waals surface area contributed by atoms with Crippen LogP contribution in [0.25, 0.3) is 0 Å². The summed E-state index contributed by atoms with van der Waals surface area (Å²) in [4.78, 5) is 27.2. The third-order valence-electron chi connectivity index (χ3n) is 5.48. The number of hydrogen-bond donors (Lipinski definition) is 3. The zero-order valence-electron chi connectivity index (χ0n) is 16.1. The van der Waals surface area contributed by atoms with Crippen molar-refractivity contribution >= 4 is 29.3 Å². The van der Waals surface area contributed by atoms with Crippen LogP contribution < -0.4 is 15.5 Å². The molecule has 6 heteroatoms. The highest BCUT2D eigenvalue weighted by Crippen LogP contribution is 2.35. The lowest BCUT2D eigenvalue weighted by atomic mass is 10.1. The first kappa shape index (κ1) is 19.0. The van der Waals surface area contributed by atoms with E-state index < -0.39 is 0 Å². The molecule has 1 atom stereocenters. The third kappa shape index (κ3) is 4.23. The molecule has 28 heavy (non-hydrogen) atoms. The maximum absolute atomic E-state index is 12.7. The smallest absolute Gasteiger partial charge is 0.251 e. The number of rotatable bonds is 5. The normalized spacial score (nSPS) is 19.2. The van der Waals surface area contributed by atoms with E-state index in [0.29, 0.717) is 12.1 Å². The van der Waals surface area contributed by atoms with Crippen molar-refractivity contribution in [1.82, 2.24) is 5.32 Å². The molecule has 2 aromatic carbocycles. The first-order chi connectivity index (χ1) is 13.6. The summed E-state index contributed by atoms with van der Waals surface area (Å²) in [5, 5.41) is 5.82. The largest absolute Gasteiger partial charge is 0.348 e. The molecule has 1 saturated heterocycles. The Morgan fingerprint density at radius 3 is 2.71 bits per heavy atom. The van der Waals surface area contributed by atoms with Gasteiger partial charge in [-0.15, -0.1) is 11.8 Å². The molecule has 2 aromatic rings. The Balaban J connectivity index is 1.42. The van der Waals surface area contributed by atoms with Gasteiger partial charge in [-0.05, 0) is 30.7 Å². The van der Waals surface area contributed by atoms with Crippen molar-refractivity contribution in [2.75, 3.05) is 18.4 Å². The first-order valence-corrected chi connectivity index (χ1v) is 10.8. The Labute approximate surface area is 169 Å². The highest BCUT2D eigenvalue weighted by molar-refractivity contribution is 8.00. The van der Waals surface area contributed by atoms with E-state index in [4.69, 9.17) is 0 Å². The third-order valence-corrected chi connectivity index (χ3v) is 6.66. The highest BCUT2D eigenvalue weighted by atomic mass is 32.2. The Hall–Kier alpha value is -2.31. The van der Waals surface area contributed by atoms with Gasteiger partial charge in [0, 0.05) is 35.4 Å². The van der Waals surface area contributed by atoms with E-state index in [2.05, 4.69) is 28.8 Å². The molecule has 0 bridgehead atoms. The van der Waals surface area contributed by atoms with Gasteiger partial charge in [-0.2, -0.15) is 0 Å². The summed E-state index contributed by atoms with van der Waals surface area (Å²) < 4.78 is 0. The minimum absolute atomic E-state index is 0.0200. The van der Waals surface area contributed by atoms with Gasteiger partial charge in [0.25, 0.3) is 5.91 Å². The maximum atomic E-state index is 12.7. The van der Waals surface area contributed by atoms with Gasteiger partial charge in [0.2, 0.25) is 5.91 Å². The van der Waals surface area contributed by atoms with E-state index in [1.807, 2.05) is 25.1 Å². The van der Waals surface area contributed by atoms with Crippen LogP contribution in [0.4, 0.5) is 5.69 Å². The Kier molecular flexibility index (Phi) is 5.69. The second-order valence-corrected chi connectivity index (χ2v) is 8.93. The van der Waals surface area contributed by atoms with E-state index in [1.54, 1.807) is 11.0 Å². The van der Waals surface area contributed by atoms with E-state index >= 15 is 0 Å². The van der Waals surface area contributed by atoms with Gasteiger partial charge >= 0.3 is 0 Å². The molecule has 2 aliphatic heterocycles. The number of amides is 2. The second kappa shape index (κ2) is 8.37. The number of thioether (sulfide) groups is 1. The second-order valence-electron chi connectivity index (χ2n) is 7.55. The number of hydrogen-bond acceptors (Lipinski definition) is 3. The standard InChI is InChI=1S/C22H25N3O2S/c1-15-21(26)24-19-12-16(8-9-20(19)28-15)22(27)23-13-17-6-2-3-7-18(17)14-25-10-4-5-11-25/h2-3,6-9,12,15H,4-5,10-11,13-14H2,1H3,(H,23,27)(H,24,26)/p+1/t15-/m1/s1. The van der Waals surface area contributed by atoms with Gasteiger partial charge < -0.3 is 15.5 Å². The molecule has 5 nitrogen and oxygen atoms in total. The number of quaternary nitrogens is 1. The number of likely N-dealkylation sites (tertiary alicyclic amines) is 1. The molecule has 2 aliphatic rings. The molecule has 0 radical (unpaired) electrons. The average molecular weight is 397 g/mol. The topological polar surface area (TPSA) is 62.6 Å². The summed E-state index contributed by atoms with van der Waals surface area (Å²) in [5.41, 5.74) is 3.77. The van der Waals surface area contributed by atoms with Gasteiger partial charge in [-0.25, -0.2) is 0 Å². The zero-order chi connectivity index (χ0) is 19.5. The van der Waals surface area contributed by atoms with Crippen molar-refractivity contribution in [1.29, 1.82) is 0 Å². The minimum Gasteiger partial charge on any atom is -0.348 e. The molecule has 0 spiro atoms. The number of anilines is 1. The van der Waals surface area contributed by atoms with Gasteiger partial charge in [0.1, 0.15) is 6.54 Å². The molecule has 0 saturated carbocycles. The molecule has 1 fully saturated rings. The molecular formula is C22H26N3O2S+. The van der Waals surface area contributed by atoms with E-state index in [9.17, 15) is 9.59 Å². The maximum Gasteiger partial charge on any atom is 0.251 e. The Bertz CT molecular complexity index is 893. The van der Waals surface area contributed by atoms with Crippen molar-refractivity contribution < 1.29 is 14.5 Å². The number of carbonyl (C=O) groups excluding carboxylic acids is 2. The molecular weight excluding hydrogens is 370 g/mol. The van der Waals surface area contributed by atoms with E-state index in [-0.39, 0.29) is 17.1 Å². The lowest BCUT2D eigenvalue weighted by Gasteiger charge is -2.21. The molecule has 2 heterocycles.